The Labute approximate surface area is 197 Å². The minimum Gasteiger partial charge on any atom is -0.497 e. The van der Waals surface area contributed by atoms with E-state index in [9.17, 15) is 9.59 Å². The third-order valence-corrected chi connectivity index (χ3v) is 7.13. The molecule has 1 saturated heterocycles. The van der Waals surface area contributed by atoms with Crippen molar-refractivity contribution in [2.75, 3.05) is 25.5 Å². The second-order valence-corrected chi connectivity index (χ2v) is 9.11. The van der Waals surface area contributed by atoms with Gasteiger partial charge in [0, 0.05) is 24.7 Å². The number of piperidine rings is 1. The van der Waals surface area contributed by atoms with Gasteiger partial charge in [0.15, 0.2) is 0 Å². The van der Waals surface area contributed by atoms with Crippen LogP contribution >= 0.6 is 11.3 Å². The predicted octanol–water partition coefficient (Wildman–Crippen LogP) is 4.70. The van der Waals surface area contributed by atoms with Crippen LogP contribution in [0.5, 0.6) is 5.75 Å². The zero-order chi connectivity index (χ0) is 23.2. The Hall–Kier alpha value is -3.26. The van der Waals surface area contributed by atoms with Gasteiger partial charge in [-0.25, -0.2) is 0 Å². The maximum atomic E-state index is 13.1. The number of carbonyl (C=O) groups is 2. The number of hydrogen-bond acceptors (Lipinski definition) is 6. The average Bonchev–Trinajstić information content (AvgIpc) is 3.36. The molecule has 1 N–H and O–H groups in total. The highest BCUT2D eigenvalue weighted by Crippen LogP contribution is 2.32. The molecule has 0 radical (unpaired) electrons. The van der Waals surface area contributed by atoms with E-state index in [1.807, 2.05) is 35.2 Å². The zero-order valence-electron chi connectivity index (χ0n) is 18.9. The first-order valence-electron chi connectivity index (χ1n) is 11.2. The summed E-state index contributed by atoms with van der Waals surface area (Å²) in [7, 11) is 1.60. The molecule has 7 nitrogen and oxygen atoms in total. The second-order valence-electron chi connectivity index (χ2n) is 8.10. The summed E-state index contributed by atoms with van der Waals surface area (Å²) in [5.74, 6) is 0.762. The molecule has 2 aromatic carbocycles. The number of benzene rings is 2. The first-order valence-corrected chi connectivity index (χ1v) is 12.0. The SMILES string of the molecule is CC[C@@H](C(=O)N1CCC(c2nnc(C(=O)Nc3ccc(OC)cc3)s2)CC1)c1ccccc1. The molecule has 1 aliphatic heterocycles. The summed E-state index contributed by atoms with van der Waals surface area (Å²) in [5.41, 5.74) is 1.75. The van der Waals surface area contributed by atoms with E-state index >= 15 is 0 Å². The smallest absolute Gasteiger partial charge is 0.286 e. The van der Waals surface area contributed by atoms with Crippen molar-refractivity contribution in [3.05, 3.63) is 70.2 Å². The van der Waals surface area contributed by atoms with Gasteiger partial charge in [0.1, 0.15) is 10.8 Å². The van der Waals surface area contributed by atoms with Gasteiger partial charge in [-0.3, -0.25) is 9.59 Å². The minimum absolute atomic E-state index is 0.0995. The van der Waals surface area contributed by atoms with Crippen LogP contribution in [0, 0.1) is 0 Å². The third-order valence-electron chi connectivity index (χ3n) is 6.05. The van der Waals surface area contributed by atoms with E-state index in [0.29, 0.717) is 23.8 Å². The molecule has 1 fully saturated rings. The largest absolute Gasteiger partial charge is 0.497 e. The molecule has 0 saturated carbocycles. The van der Waals surface area contributed by atoms with Gasteiger partial charge in [-0.2, -0.15) is 0 Å². The Balaban J connectivity index is 1.33. The quantitative estimate of drug-likeness (QED) is 0.548. The molecule has 0 bridgehead atoms. The highest BCUT2D eigenvalue weighted by atomic mass is 32.1. The Morgan fingerprint density at radius 1 is 1.09 bits per heavy atom. The summed E-state index contributed by atoms with van der Waals surface area (Å²) in [6, 6.07) is 17.1. The Morgan fingerprint density at radius 3 is 2.42 bits per heavy atom. The van der Waals surface area contributed by atoms with Crippen molar-refractivity contribution in [1.82, 2.24) is 15.1 Å². The van der Waals surface area contributed by atoms with Crippen molar-refractivity contribution >= 4 is 28.8 Å². The lowest BCUT2D eigenvalue weighted by Gasteiger charge is -2.33. The van der Waals surface area contributed by atoms with Crippen LogP contribution < -0.4 is 10.1 Å². The van der Waals surface area contributed by atoms with Crippen LogP contribution in [-0.2, 0) is 4.79 Å². The van der Waals surface area contributed by atoms with Crippen molar-refractivity contribution < 1.29 is 14.3 Å². The number of likely N-dealkylation sites (tertiary alicyclic amines) is 1. The number of ether oxygens (including phenoxy) is 1. The molecule has 0 unspecified atom stereocenters. The summed E-state index contributed by atoms with van der Waals surface area (Å²) < 4.78 is 5.14. The molecule has 33 heavy (non-hydrogen) atoms. The first-order chi connectivity index (χ1) is 16.1. The van der Waals surface area contributed by atoms with Crippen molar-refractivity contribution in [3.8, 4) is 5.75 Å². The van der Waals surface area contributed by atoms with E-state index in [1.165, 1.54) is 11.3 Å². The fourth-order valence-corrected chi connectivity index (χ4v) is 5.06. The summed E-state index contributed by atoms with van der Waals surface area (Å²) in [5, 5.41) is 12.4. The Morgan fingerprint density at radius 2 is 1.79 bits per heavy atom. The number of hydrogen-bond donors (Lipinski definition) is 1. The van der Waals surface area contributed by atoms with Crippen LogP contribution in [0.3, 0.4) is 0 Å². The van der Waals surface area contributed by atoms with E-state index < -0.39 is 0 Å². The van der Waals surface area contributed by atoms with Crippen LogP contribution in [0.15, 0.2) is 54.6 Å². The molecule has 1 aliphatic rings. The Kier molecular flexibility index (Phi) is 7.34. The van der Waals surface area contributed by atoms with Crippen LogP contribution in [0.1, 0.15) is 58.4 Å². The monoisotopic (exact) mass is 464 g/mol. The number of nitrogens with one attached hydrogen (secondary N) is 1. The highest BCUT2D eigenvalue weighted by molar-refractivity contribution is 7.13. The molecule has 1 aromatic heterocycles. The van der Waals surface area contributed by atoms with Gasteiger partial charge < -0.3 is 15.0 Å². The Bertz CT molecular complexity index is 1080. The van der Waals surface area contributed by atoms with Crippen LogP contribution in [0.4, 0.5) is 5.69 Å². The standard InChI is InChI=1S/C25H28N4O3S/c1-3-21(17-7-5-4-6-8-17)25(31)29-15-13-18(14-16-29)23-27-28-24(33-23)22(30)26-19-9-11-20(32-2)12-10-19/h4-12,18,21H,3,13-16H2,1-2H3,(H,26,30)/t21-/m1/s1. The van der Waals surface area contributed by atoms with Gasteiger partial charge in [-0.15, -0.1) is 10.2 Å². The molecule has 2 heterocycles. The highest BCUT2D eigenvalue weighted by Gasteiger charge is 2.30. The lowest BCUT2D eigenvalue weighted by molar-refractivity contribution is -0.134. The number of amides is 2. The van der Waals surface area contributed by atoms with Crippen molar-refractivity contribution in [3.63, 3.8) is 0 Å². The fourth-order valence-electron chi connectivity index (χ4n) is 4.16. The molecule has 8 heteroatoms. The molecule has 172 valence electrons. The number of carbonyl (C=O) groups excluding carboxylic acids is 2. The maximum absolute atomic E-state index is 13.1. The van der Waals surface area contributed by atoms with Crippen LogP contribution in [0.2, 0.25) is 0 Å². The van der Waals surface area contributed by atoms with Crippen molar-refractivity contribution in [2.45, 2.75) is 38.0 Å². The number of rotatable bonds is 7. The van der Waals surface area contributed by atoms with Crippen LogP contribution in [-0.4, -0.2) is 47.1 Å². The van der Waals surface area contributed by atoms with Crippen molar-refractivity contribution in [1.29, 1.82) is 0 Å². The number of aromatic nitrogens is 2. The molecule has 3 aromatic rings. The second kappa shape index (κ2) is 10.6. The van der Waals surface area contributed by atoms with Gasteiger partial charge in [0.2, 0.25) is 10.9 Å². The fraction of sp³-hybridized carbons (Fsp3) is 0.360. The van der Waals surface area contributed by atoms with Gasteiger partial charge in [-0.1, -0.05) is 48.6 Å². The molecule has 4 rings (SSSR count). The maximum Gasteiger partial charge on any atom is 0.286 e. The minimum atomic E-state index is -0.273. The predicted molar refractivity (Wildman–Crippen MR) is 129 cm³/mol. The topological polar surface area (TPSA) is 84.4 Å². The lowest BCUT2D eigenvalue weighted by Crippen LogP contribution is -2.40. The molecule has 0 aliphatic carbocycles. The molecular formula is C25H28N4O3S. The lowest BCUT2D eigenvalue weighted by atomic mass is 9.92. The zero-order valence-corrected chi connectivity index (χ0v) is 19.7. The van der Waals surface area contributed by atoms with E-state index in [0.717, 1.165) is 35.6 Å². The van der Waals surface area contributed by atoms with E-state index in [-0.39, 0.29) is 23.7 Å². The summed E-state index contributed by atoms with van der Waals surface area (Å²) in [6.07, 6.45) is 2.43. The first kappa shape index (κ1) is 22.9. The summed E-state index contributed by atoms with van der Waals surface area (Å²) in [6.45, 7) is 3.45. The molecular weight excluding hydrogens is 436 g/mol. The van der Waals surface area contributed by atoms with E-state index in [1.54, 1.807) is 31.4 Å². The van der Waals surface area contributed by atoms with E-state index in [4.69, 9.17) is 4.74 Å². The number of methoxy groups -OCH3 is 1. The summed E-state index contributed by atoms with van der Waals surface area (Å²) in [4.78, 5) is 27.6. The summed E-state index contributed by atoms with van der Waals surface area (Å²) >= 11 is 1.33. The molecule has 0 spiro atoms. The molecule has 2 amide bonds. The van der Waals surface area contributed by atoms with Crippen molar-refractivity contribution in [2.24, 2.45) is 0 Å². The average molecular weight is 465 g/mol. The van der Waals surface area contributed by atoms with Gasteiger partial charge in [0.05, 0.1) is 13.0 Å². The van der Waals surface area contributed by atoms with Gasteiger partial charge in [0.25, 0.3) is 5.91 Å². The van der Waals surface area contributed by atoms with E-state index in [2.05, 4.69) is 22.4 Å². The normalized spacial score (nSPS) is 15.2. The molecule has 1 atom stereocenters. The number of nitrogens with zero attached hydrogens (tertiary/aromatic N) is 3. The number of anilines is 1. The van der Waals surface area contributed by atoms with Crippen LogP contribution in [0.25, 0.3) is 0 Å². The third kappa shape index (κ3) is 5.39. The van der Waals surface area contributed by atoms with Gasteiger partial charge in [-0.05, 0) is 49.1 Å². The van der Waals surface area contributed by atoms with Gasteiger partial charge >= 0.3 is 0 Å².